The van der Waals surface area contributed by atoms with Crippen molar-refractivity contribution in [1.29, 1.82) is 0 Å². The van der Waals surface area contributed by atoms with Crippen LogP contribution in [0.2, 0.25) is 0 Å². The molecule has 1 rings (SSSR count). The topological polar surface area (TPSA) is 104 Å². The molecular formula is C11H15NO5S. The molecule has 1 unspecified atom stereocenters. The van der Waals surface area contributed by atoms with Crippen LogP contribution in [0.4, 0.5) is 0 Å². The molecule has 0 amide bonds. The fourth-order valence-electron chi connectivity index (χ4n) is 1.23. The molecule has 7 heteroatoms. The van der Waals surface area contributed by atoms with Gasteiger partial charge in [0, 0.05) is 6.54 Å². The van der Waals surface area contributed by atoms with E-state index in [1.165, 1.54) is 18.2 Å². The van der Waals surface area contributed by atoms with E-state index in [1.807, 2.05) is 0 Å². The van der Waals surface area contributed by atoms with Crippen molar-refractivity contribution in [2.75, 3.05) is 6.54 Å². The summed E-state index contributed by atoms with van der Waals surface area (Å²) in [5, 5.41) is 18.1. The summed E-state index contributed by atoms with van der Waals surface area (Å²) in [6, 6.07) is 5.03. The second kappa shape index (κ2) is 5.94. The van der Waals surface area contributed by atoms with Crippen LogP contribution in [0.1, 0.15) is 23.7 Å². The van der Waals surface area contributed by atoms with Crippen molar-refractivity contribution in [3.8, 4) is 0 Å². The lowest BCUT2D eigenvalue weighted by molar-refractivity contribution is 0.0696. The van der Waals surface area contributed by atoms with E-state index in [4.69, 9.17) is 5.11 Å². The summed E-state index contributed by atoms with van der Waals surface area (Å²) in [5.74, 6) is -1.19. The van der Waals surface area contributed by atoms with Gasteiger partial charge in [-0.25, -0.2) is 17.9 Å². The molecule has 100 valence electrons. The highest BCUT2D eigenvalue weighted by Gasteiger charge is 2.16. The molecule has 1 aromatic rings. The summed E-state index contributed by atoms with van der Waals surface area (Å²) < 4.78 is 25.8. The first-order valence-electron chi connectivity index (χ1n) is 5.38. The summed E-state index contributed by atoms with van der Waals surface area (Å²) >= 11 is 0. The number of carboxylic acid groups (broad SMARTS) is 1. The molecule has 0 aliphatic heterocycles. The van der Waals surface area contributed by atoms with Crippen LogP contribution >= 0.6 is 0 Å². The number of nitrogens with one attached hydrogen (secondary N) is 1. The molecule has 1 aromatic carbocycles. The normalized spacial score (nSPS) is 13.2. The number of sulfonamides is 1. The number of carbonyl (C=O) groups is 1. The molecule has 0 saturated carbocycles. The minimum atomic E-state index is -3.79. The highest BCUT2D eigenvalue weighted by molar-refractivity contribution is 7.89. The fourth-order valence-corrected chi connectivity index (χ4v) is 2.35. The van der Waals surface area contributed by atoms with Gasteiger partial charge in [-0.1, -0.05) is 13.0 Å². The van der Waals surface area contributed by atoms with Crippen LogP contribution in [0, 0.1) is 0 Å². The second-order valence-electron chi connectivity index (χ2n) is 3.75. The molecule has 3 N–H and O–H groups in total. The maximum Gasteiger partial charge on any atom is 0.335 e. The Labute approximate surface area is 105 Å². The van der Waals surface area contributed by atoms with Crippen molar-refractivity contribution in [3.05, 3.63) is 29.8 Å². The molecule has 0 spiro atoms. The third kappa shape index (κ3) is 3.80. The number of aliphatic hydroxyl groups is 1. The quantitative estimate of drug-likeness (QED) is 0.697. The number of rotatable bonds is 6. The summed E-state index contributed by atoms with van der Waals surface area (Å²) in [6.45, 7) is 1.63. The zero-order chi connectivity index (χ0) is 13.8. The lowest BCUT2D eigenvalue weighted by Crippen LogP contribution is -2.31. The molecule has 0 saturated heterocycles. The van der Waals surface area contributed by atoms with Crippen molar-refractivity contribution >= 4 is 16.0 Å². The Morgan fingerprint density at radius 1 is 1.44 bits per heavy atom. The van der Waals surface area contributed by atoms with Gasteiger partial charge in [0.2, 0.25) is 10.0 Å². The van der Waals surface area contributed by atoms with Gasteiger partial charge >= 0.3 is 5.97 Å². The number of aliphatic hydroxyl groups excluding tert-OH is 1. The fraction of sp³-hybridized carbons (Fsp3) is 0.364. The third-order valence-corrected chi connectivity index (χ3v) is 3.79. The number of hydrogen-bond acceptors (Lipinski definition) is 4. The van der Waals surface area contributed by atoms with Crippen LogP contribution in [0.15, 0.2) is 29.2 Å². The Hall–Kier alpha value is -1.44. The van der Waals surface area contributed by atoms with Gasteiger partial charge in [0.15, 0.2) is 0 Å². The molecular weight excluding hydrogens is 258 g/mol. The lowest BCUT2D eigenvalue weighted by Gasteiger charge is -2.10. The second-order valence-corrected chi connectivity index (χ2v) is 5.51. The number of hydrogen-bond donors (Lipinski definition) is 3. The molecule has 0 fully saturated rings. The largest absolute Gasteiger partial charge is 0.478 e. The van der Waals surface area contributed by atoms with Crippen LogP contribution in [-0.2, 0) is 10.0 Å². The molecule has 0 aliphatic carbocycles. The minimum absolute atomic E-state index is 0.101. The van der Waals surface area contributed by atoms with Crippen molar-refractivity contribution in [3.63, 3.8) is 0 Å². The SMILES string of the molecule is CCC(O)CNS(=O)(=O)c1cccc(C(=O)O)c1. The van der Waals surface area contributed by atoms with Crippen molar-refractivity contribution in [2.45, 2.75) is 24.3 Å². The van der Waals surface area contributed by atoms with Crippen LogP contribution < -0.4 is 4.72 Å². The van der Waals surface area contributed by atoms with Crippen LogP contribution in [0.5, 0.6) is 0 Å². The van der Waals surface area contributed by atoms with Gasteiger partial charge in [0.05, 0.1) is 16.6 Å². The molecule has 18 heavy (non-hydrogen) atoms. The lowest BCUT2D eigenvalue weighted by atomic mass is 10.2. The molecule has 6 nitrogen and oxygen atoms in total. The van der Waals surface area contributed by atoms with E-state index in [-0.39, 0.29) is 17.0 Å². The molecule has 0 aromatic heterocycles. The average molecular weight is 273 g/mol. The first kappa shape index (κ1) is 14.6. The third-order valence-electron chi connectivity index (χ3n) is 2.37. The van der Waals surface area contributed by atoms with Gasteiger partial charge in [-0.15, -0.1) is 0 Å². The minimum Gasteiger partial charge on any atom is -0.478 e. The molecule has 0 bridgehead atoms. The highest BCUT2D eigenvalue weighted by atomic mass is 32.2. The van der Waals surface area contributed by atoms with Gasteiger partial charge < -0.3 is 10.2 Å². The molecule has 0 aliphatic rings. The summed E-state index contributed by atoms with van der Waals surface area (Å²) in [6.07, 6.45) is -0.333. The predicted molar refractivity (Wildman–Crippen MR) is 64.9 cm³/mol. The van der Waals surface area contributed by atoms with Crippen molar-refractivity contribution in [1.82, 2.24) is 4.72 Å². The maximum atomic E-state index is 11.8. The van der Waals surface area contributed by atoms with Crippen LogP contribution in [0.25, 0.3) is 0 Å². The van der Waals surface area contributed by atoms with Gasteiger partial charge in [-0.2, -0.15) is 0 Å². The standard InChI is InChI=1S/C11H15NO5S/c1-2-9(13)7-12-18(16,17)10-5-3-4-8(6-10)11(14)15/h3-6,9,12-13H,2,7H2,1H3,(H,14,15). The van der Waals surface area contributed by atoms with E-state index < -0.39 is 22.1 Å². The van der Waals surface area contributed by atoms with Crippen LogP contribution in [-0.4, -0.2) is 37.2 Å². The van der Waals surface area contributed by atoms with E-state index in [2.05, 4.69) is 4.72 Å². The number of benzene rings is 1. The van der Waals surface area contributed by atoms with E-state index in [9.17, 15) is 18.3 Å². The Morgan fingerprint density at radius 2 is 2.11 bits per heavy atom. The summed E-state index contributed by atoms with van der Waals surface area (Å²) in [7, 11) is -3.79. The zero-order valence-corrected chi connectivity index (χ0v) is 10.6. The summed E-state index contributed by atoms with van der Waals surface area (Å²) in [5.41, 5.74) is -0.103. The van der Waals surface area contributed by atoms with Crippen molar-refractivity contribution < 1.29 is 23.4 Å². The Balaban J connectivity index is 2.91. The predicted octanol–water partition coefficient (Wildman–Crippen LogP) is 0.434. The first-order valence-corrected chi connectivity index (χ1v) is 6.86. The monoisotopic (exact) mass is 273 g/mol. The molecule has 0 radical (unpaired) electrons. The average Bonchev–Trinajstić information content (AvgIpc) is 2.36. The molecule has 1 atom stereocenters. The smallest absolute Gasteiger partial charge is 0.335 e. The Kier molecular flexibility index (Phi) is 4.83. The highest BCUT2D eigenvalue weighted by Crippen LogP contribution is 2.11. The van der Waals surface area contributed by atoms with Gasteiger partial charge in [-0.05, 0) is 24.6 Å². The zero-order valence-electron chi connectivity index (χ0n) is 9.83. The van der Waals surface area contributed by atoms with Crippen LogP contribution in [0.3, 0.4) is 0 Å². The van der Waals surface area contributed by atoms with E-state index in [0.717, 1.165) is 6.07 Å². The Bertz CT molecular complexity index is 526. The van der Waals surface area contributed by atoms with E-state index >= 15 is 0 Å². The van der Waals surface area contributed by atoms with Gasteiger partial charge in [0.1, 0.15) is 0 Å². The first-order chi connectivity index (χ1) is 8.36. The number of aromatic carboxylic acids is 1. The Morgan fingerprint density at radius 3 is 2.67 bits per heavy atom. The van der Waals surface area contributed by atoms with E-state index in [1.54, 1.807) is 6.92 Å². The van der Waals surface area contributed by atoms with E-state index in [0.29, 0.717) is 6.42 Å². The molecule has 0 heterocycles. The summed E-state index contributed by atoms with van der Waals surface area (Å²) in [4.78, 5) is 10.6. The van der Waals surface area contributed by atoms with Gasteiger partial charge in [-0.3, -0.25) is 0 Å². The maximum absolute atomic E-state index is 11.8. The van der Waals surface area contributed by atoms with Crippen molar-refractivity contribution in [2.24, 2.45) is 0 Å². The van der Waals surface area contributed by atoms with Gasteiger partial charge in [0.25, 0.3) is 0 Å². The number of carboxylic acids is 1.